The minimum atomic E-state index is -1.37. The van der Waals surface area contributed by atoms with Gasteiger partial charge in [-0.25, -0.2) is 4.79 Å². The minimum absolute atomic E-state index is 0.0578. The average Bonchev–Trinajstić information content (AvgIpc) is 3.23. The number of para-hydroxylation sites is 1. The van der Waals surface area contributed by atoms with Gasteiger partial charge in [0.05, 0.1) is 11.2 Å². The number of fused-ring (bicyclic) bond motifs is 5. The molecule has 0 saturated heterocycles. The average molecular weight is 508 g/mol. The summed E-state index contributed by atoms with van der Waals surface area (Å²) in [6.45, 7) is 11.0. The topological polar surface area (TPSA) is 102 Å². The van der Waals surface area contributed by atoms with Crippen LogP contribution in [0.4, 0.5) is 5.69 Å². The van der Waals surface area contributed by atoms with Gasteiger partial charge in [0.1, 0.15) is 6.10 Å². The standard InChI is InChI=1S/C30H37NO6/c1-15-12-20-21(14-16(2)24(20)33)29(35)17(3)26(36-27(34)19-10-8-9-11-23(19)31-7)30(37-18(4)32)25(22(29)13-15)28(30,5)6/h8-11,13-14,17,20-22,25-26,31,35H,12H2,1-7H3/t17-,20-,21-,22+,25-,26-,29+,30-/m1/s1. The fourth-order valence-corrected chi connectivity index (χ4v) is 8.05. The summed E-state index contributed by atoms with van der Waals surface area (Å²) in [4.78, 5) is 39.2. The lowest BCUT2D eigenvalue weighted by molar-refractivity contribution is -0.207. The molecule has 0 unspecified atom stereocenters. The van der Waals surface area contributed by atoms with E-state index in [0.717, 1.165) is 5.57 Å². The minimum Gasteiger partial charge on any atom is -0.454 e. The Kier molecular flexibility index (Phi) is 5.76. The number of hydrogen-bond acceptors (Lipinski definition) is 7. The zero-order chi connectivity index (χ0) is 27.1. The van der Waals surface area contributed by atoms with Crippen molar-refractivity contribution < 1.29 is 29.0 Å². The summed E-state index contributed by atoms with van der Waals surface area (Å²) in [5.41, 5.74) is -0.366. The lowest BCUT2D eigenvalue weighted by Crippen LogP contribution is -2.63. The van der Waals surface area contributed by atoms with Crippen molar-refractivity contribution in [1.29, 1.82) is 0 Å². The van der Waals surface area contributed by atoms with Gasteiger partial charge in [-0.2, -0.15) is 0 Å². The second kappa shape index (κ2) is 8.29. The Morgan fingerprint density at radius 2 is 1.78 bits per heavy atom. The summed E-state index contributed by atoms with van der Waals surface area (Å²) in [6, 6.07) is 7.06. The van der Waals surface area contributed by atoms with Gasteiger partial charge >= 0.3 is 11.9 Å². The lowest BCUT2D eigenvalue weighted by atomic mass is 9.60. The molecule has 2 N–H and O–H groups in total. The number of anilines is 1. The zero-order valence-corrected chi connectivity index (χ0v) is 22.6. The van der Waals surface area contributed by atoms with Crippen LogP contribution in [-0.2, 0) is 19.1 Å². The van der Waals surface area contributed by atoms with Crippen LogP contribution in [0.3, 0.4) is 0 Å². The summed E-state index contributed by atoms with van der Waals surface area (Å²) < 4.78 is 12.4. The maximum Gasteiger partial charge on any atom is 0.340 e. The molecule has 4 aliphatic rings. The van der Waals surface area contributed by atoms with E-state index in [0.29, 0.717) is 23.2 Å². The fraction of sp³-hybridized carbons (Fsp3) is 0.567. The monoisotopic (exact) mass is 507 g/mol. The molecule has 0 bridgehead atoms. The van der Waals surface area contributed by atoms with E-state index in [-0.39, 0.29) is 23.5 Å². The second-order valence-electron chi connectivity index (χ2n) is 12.0. The van der Waals surface area contributed by atoms with Gasteiger partial charge in [0.2, 0.25) is 0 Å². The molecule has 0 heterocycles. The molecule has 198 valence electrons. The number of carbonyl (C=O) groups is 3. The Labute approximate surface area is 218 Å². The highest BCUT2D eigenvalue weighted by Gasteiger charge is 2.87. The van der Waals surface area contributed by atoms with Crippen LogP contribution in [-0.4, -0.2) is 47.2 Å². The van der Waals surface area contributed by atoms with E-state index in [1.165, 1.54) is 6.92 Å². The first-order chi connectivity index (χ1) is 17.3. The maximum atomic E-state index is 13.6. The van der Waals surface area contributed by atoms with Gasteiger partial charge in [-0.1, -0.05) is 50.6 Å². The first kappa shape index (κ1) is 25.7. The molecular formula is C30H37NO6. The third-order valence-electron chi connectivity index (χ3n) is 9.75. The summed E-state index contributed by atoms with van der Waals surface area (Å²) >= 11 is 0. The first-order valence-electron chi connectivity index (χ1n) is 13.1. The number of aliphatic hydroxyl groups is 1. The van der Waals surface area contributed by atoms with Crippen molar-refractivity contribution in [3.63, 3.8) is 0 Å². The highest BCUT2D eigenvalue weighted by Crippen LogP contribution is 2.77. The van der Waals surface area contributed by atoms with Gasteiger partial charge in [-0.3, -0.25) is 9.59 Å². The number of ketones is 1. The molecule has 0 amide bonds. The van der Waals surface area contributed by atoms with Crippen molar-refractivity contribution >= 4 is 23.4 Å². The first-order valence-corrected chi connectivity index (χ1v) is 13.1. The predicted molar refractivity (Wildman–Crippen MR) is 139 cm³/mol. The highest BCUT2D eigenvalue weighted by molar-refractivity contribution is 6.00. The van der Waals surface area contributed by atoms with E-state index < -0.39 is 46.5 Å². The van der Waals surface area contributed by atoms with Crippen molar-refractivity contribution in [2.75, 3.05) is 12.4 Å². The number of rotatable bonds is 4. The number of carbonyl (C=O) groups excluding carboxylic acids is 3. The van der Waals surface area contributed by atoms with E-state index in [1.807, 2.05) is 39.8 Å². The summed E-state index contributed by atoms with van der Waals surface area (Å²) in [7, 11) is 1.73. The van der Waals surface area contributed by atoms with E-state index in [4.69, 9.17) is 9.47 Å². The molecule has 0 aliphatic heterocycles. The third kappa shape index (κ3) is 3.32. The number of benzene rings is 1. The molecule has 37 heavy (non-hydrogen) atoms. The van der Waals surface area contributed by atoms with Crippen LogP contribution in [0.1, 0.15) is 58.3 Å². The number of hydrogen-bond donors (Lipinski definition) is 2. The summed E-state index contributed by atoms with van der Waals surface area (Å²) in [5.74, 6) is -3.02. The highest BCUT2D eigenvalue weighted by atomic mass is 16.6. The van der Waals surface area contributed by atoms with Crippen molar-refractivity contribution in [1.82, 2.24) is 0 Å². The van der Waals surface area contributed by atoms with Crippen LogP contribution < -0.4 is 5.32 Å². The van der Waals surface area contributed by atoms with Crippen molar-refractivity contribution in [3.8, 4) is 0 Å². The molecule has 0 spiro atoms. The van der Waals surface area contributed by atoms with Gasteiger partial charge in [0.15, 0.2) is 11.4 Å². The van der Waals surface area contributed by atoms with Crippen LogP contribution in [0.5, 0.6) is 0 Å². The molecule has 8 atom stereocenters. The summed E-state index contributed by atoms with van der Waals surface area (Å²) in [6.07, 6.45) is 3.65. The van der Waals surface area contributed by atoms with Gasteiger partial charge in [-0.05, 0) is 38.0 Å². The largest absolute Gasteiger partial charge is 0.454 e. The molecule has 2 fully saturated rings. The molecule has 7 heteroatoms. The fourth-order valence-electron chi connectivity index (χ4n) is 8.05. The van der Waals surface area contributed by atoms with Gasteiger partial charge < -0.3 is 19.9 Å². The van der Waals surface area contributed by atoms with Crippen molar-refractivity contribution in [2.45, 2.75) is 65.3 Å². The maximum absolute atomic E-state index is 13.6. The second-order valence-corrected chi connectivity index (χ2v) is 12.0. The Hall–Kier alpha value is -2.93. The van der Waals surface area contributed by atoms with Crippen LogP contribution in [0, 0.1) is 35.0 Å². The lowest BCUT2D eigenvalue weighted by Gasteiger charge is -2.52. The predicted octanol–water partition coefficient (Wildman–Crippen LogP) is 4.32. The number of esters is 2. The van der Waals surface area contributed by atoms with Crippen LogP contribution >= 0.6 is 0 Å². The molecule has 4 aliphatic carbocycles. The SMILES string of the molecule is CNc1ccccc1C(=O)O[C@@H]1[C@@H](C)[C@]2(O)[C@@H]3C=C(C)C(=O)[C@@H]3CC(C)=C[C@H]2[C@@H]2C(C)(C)[C@]12OC(C)=O. The normalized spacial score (nSPS) is 39.2. The van der Waals surface area contributed by atoms with Crippen molar-refractivity contribution in [3.05, 3.63) is 53.1 Å². The van der Waals surface area contributed by atoms with Gasteiger partial charge in [-0.15, -0.1) is 0 Å². The Balaban J connectivity index is 1.66. The third-order valence-corrected chi connectivity index (χ3v) is 9.75. The van der Waals surface area contributed by atoms with E-state index in [1.54, 1.807) is 32.2 Å². The Morgan fingerprint density at radius 1 is 1.11 bits per heavy atom. The van der Waals surface area contributed by atoms with Crippen LogP contribution in [0.25, 0.3) is 0 Å². The molecule has 5 rings (SSSR count). The number of Topliss-reactive ketones (excluding diaryl/α,β-unsaturated/α-hetero) is 1. The van der Waals surface area contributed by atoms with Crippen molar-refractivity contribution in [2.24, 2.45) is 35.0 Å². The van der Waals surface area contributed by atoms with Gasteiger partial charge in [0, 0.05) is 54.7 Å². The zero-order valence-electron chi connectivity index (χ0n) is 22.6. The Morgan fingerprint density at radius 3 is 2.43 bits per heavy atom. The molecule has 0 radical (unpaired) electrons. The number of nitrogens with one attached hydrogen (secondary N) is 1. The molecule has 0 aromatic heterocycles. The number of ether oxygens (including phenoxy) is 2. The van der Waals surface area contributed by atoms with E-state index in [9.17, 15) is 19.5 Å². The molecular weight excluding hydrogens is 470 g/mol. The smallest absolute Gasteiger partial charge is 0.340 e. The number of allylic oxidation sites excluding steroid dienone is 2. The van der Waals surface area contributed by atoms with Gasteiger partial charge in [0.25, 0.3) is 0 Å². The van der Waals surface area contributed by atoms with E-state index in [2.05, 4.69) is 11.4 Å². The molecule has 1 aromatic rings. The van der Waals surface area contributed by atoms with Crippen LogP contribution in [0.2, 0.25) is 0 Å². The van der Waals surface area contributed by atoms with E-state index >= 15 is 0 Å². The Bertz CT molecular complexity index is 1250. The quantitative estimate of drug-likeness (QED) is 0.462. The molecule has 7 nitrogen and oxygen atoms in total. The summed E-state index contributed by atoms with van der Waals surface area (Å²) in [5, 5.41) is 15.7. The molecule has 1 aromatic carbocycles. The molecule has 2 saturated carbocycles. The van der Waals surface area contributed by atoms with Crippen LogP contribution in [0.15, 0.2) is 47.6 Å².